The van der Waals surface area contributed by atoms with Crippen molar-refractivity contribution in [3.63, 3.8) is 0 Å². The summed E-state index contributed by atoms with van der Waals surface area (Å²) in [4.78, 5) is 14.8. The summed E-state index contributed by atoms with van der Waals surface area (Å²) in [5.74, 6) is 0.437. The van der Waals surface area contributed by atoms with Crippen LogP contribution < -0.4 is 5.32 Å². The Morgan fingerprint density at radius 1 is 1.10 bits per heavy atom. The van der Waals surface area contributed by atoms with Crippen molar-refractivity contribution in [3.05, 3.63) is 12.2 Å². The largest absolute Gasteiger partial charge is 0.381 e. The van der Waals surface area contributed by atoms with Gasteiger partial charge >= 0.3 is 0 Å². The lowest BCUT2D eigenvalue weighted by molar-refractivity contribution is -0.128. The van der Waals surface area contributed by atoms with Crippen molar-refractivity contribution in [3.8, 4) is 0 Å². The third-order valence-electron chi connectivity index (χ3n) is 5.17. The van der Waals surface area contributed by atoms with Gasteiger partial charge in [0.2, 0.25) is 5.91 Å². The molecule has 0 aromatic rings. The molecule has 4 nitrogen and oxygen atoms in total. The van der Waals surface area contributed by atoms with E-state index in [0.29, 0.717) is 12.1 Å². The molecule has 4 heteroatoms. The average Bonchev–Trinajstić information content (AvgIpc) is 2.57. The standard InChI is InChI=1S/C17H28N2O2/c20-17(14-8-12-21-13-9-14)18-15-6-10-19(11-7-15)16-4-2-1-3-5-16/h2,4,14-16H,1,3,5-13H2,(H,18,20)/t16-/m1/s1. The molecule has 1 amide bonds. The first-order chi connectivity index (χ1) is 10.3. The smallest absolute Gasteiger partial charge is 0.223 e. The molecule has 1 N–H and O–H groups in total. The highest BCUT2D eigenvalue weighted by molar-refractivity contribution is 5.79. The molecule has 2 aliphatic heterocycles. The number of carbonyl (C=O) groups is 1. The zero-order chi connectivity index (χ0) is 14.5. The molecule has 21 heavy (non-hydrogen) atoms. The molecule has 0 spiro atoms. The average molecular weight is 292 g/mol. The molecule has 0 saturated carbocycles. The Labute approximate surface area is 127 Å². The van der Waals surface area contributed by atoms with E-state index >= 15 is 0 Å². The molecule has 2 fully saturated rings. The van der Waals surface area contributed by atoms with Gasteiger partial charge in [0, 0.05) is 44.3 Å². The molecule has 0 aromatic heterocycles. The first-order valence-electron chi connectivity index (χ1n) is 8.62. The van der Waals surface area contributed by atoms with Crippen LogP contribution in [-0.2, 0) is 9.53 Å². The van der Waals surface area contributed by atoms with Crippen molar-refractivity contribution in [1.29, 1.82) is 0 Å². The minimum atomic E-state index is 0.179. The Balaban J connectivity index is 1.41. The Kier molecular flexibility index (Phi) is 5.31. The fourth-order valence-corrected chi connectivity index (χ4v) is 3.75. The minimum absolute atomic E-state index is 0.179. The maximum atomic E-state index is 12.3. The van der Waals surface area contributed by atoms with Crippen molar-refractivity contribution in [2.75, 3.05) is 26.3 Å². The second-order valence-electron chi connectivity index (χ2n) is 6.63. The van der Waals surface area contributed by atoms with Crippen LogP contribution >= 0.6 is 0 Å². The van der Waals surface area contributed by atoms with E-state index in [1.165, 1.54) is 19.3 Å². The summed E-state index contributed by atoms with van der Waals surface area (Å²) in [5.41, 5.74) is 0. The van der Waals surface area contributed by atoms with E-state index in [-0.39, 0.29) is 11.8 Å². The third kappa shape index (κ3) is 4.07. The van der Waals surface area contributed by atoms with Crippen LogP contribution in [0.3, 0.4) is 0 Å². The van der Waals surface area contributed by atoms with E-state index < -0.39 is 0 Å². The van der Waals surface area contributed by atoms with Gasteiger partial charge in [0.15, 0.2) is 0 Å². The monoisotopic (exact) mass is 292 g/mol. The molecule has 3 rings (SSSR count). The third-order valence-corrected chi connectivity index (χ3v) is 5.17. The van der Waals surface area contributed by atoms with Gasteiger partial charge in [-0.1, -0.05) is 12.2 Å². The molecule has 3 aliphatic rings. The van der Waals surface area contributed by atoms with E-state index in [2.05, 4.69) is 22.4 Å². The van der Waals surface area contributed by atoms with E-state index in [0.717, 1.165) is 52.0 Å². The van der Waals surface area contributed by atoms with Gasteiger partial charge in [-0.3, -0.25) is 9.69 Å². The number of allylic oxidation sites excluding steroid dienone is 1. The van der Waals surface area contributed by atoms with E-state index in [9.17, 15) is 4.79 Å². The Hall–Kier alpha value is -0.870. The van der Waals surface area contributed by atoms with Gasteiger partial charge in [-0.2, -0.15) is 0 Å². The molecule has 2 heterocycles. The summed E-state index contributed by atoms with van der Waals surface area (Å²) in [6.45, 7) is 3.72. The number of likely N-dealkylation sites (tertiary alicyclic amines) is 1. The molecular formula is C17H28N2O2. The topological polar surface area (TPSA) is 41.6 Å². The summed E-state index contributed by atoms with van der Waals surface area (Å²) in [5, 5.41) is 3.27. The molecule has 1 atom stereocenters. The second kappa shape index (κ2) is 7.41. The summed E-state index contributed by atoms with van der Waals surface area (Å²) < 4.78 is 5.33. The molecule has 0 unspecified atom stereocenters. The highest BCUT2D eigenvalue weighted by Crippen LogP contribution is 2.22. The molecule has 2 saturated heterocycles. The first-order valence-corrected chi connectivity index (χ1v) is 8.62. The highest BCUT2D eigenvalue weighted by atomic mass is 16.5. The van der Waals surface area contributed by atoms with E-state index in [1.54, 1.807) is 0 Å². The SMILES string of the molecule is O=C(NC1CCN([C@@H]2C=CCCC2)CC1)C1CCOCC1. The maximum absolute atomic E-state index is 12.3. The van der Waals surface area contributed by atoms with Crippen LogP contribution in [0.25, 0.3) is 0 Å². The van der Waals surface area contributed by atoms with Crippen LogP contribution in [-0.4, -0.2) is 49.2 Å². The Morgan fingerprint density at radius 3 is 2.52 bits per heavy atom. The molecule has 0 aromatic carbocycles. The van der Waals surface area contributed by atoms with Crippen LogP contribution in [0.4, 0.5) is 0 Å². The van der Waals surface area contributed by atoms with Crippen molar-refractivity contribution in [2.45, 2.75) is 57.0 Å². The maximum Gasteiger partial charge on any atom is 0.223 e. The lowest BCUT2D eigenvalue weighted by Gasteiger charge is -2.38. The van der Waals surface area contributed by atoms with Gasteiger partial charge < -0.3 is 10.1 Å². The van der Waals surface area contributed by atoms with Crippen molar-refractivity contribution in [2.24, 2.45) is 5.92 Å². The Bertz CT molecular complexity index is 369. The normalized spacial score (nSPS) is 29.4. The zero-order valence-corrected chi connectivity index (χ0v) is 12.9. The second-order valence-corrected chi connectivity index (χ2v) is 6.63. The number of piperidine rings is 1. The lowest BCUT2D eigenvalue weighted by atomic mass is 9.95. The summed E-state index contributed by atoms with van der Waals surface area (Å²) in [7, 11) is 0. The number of amides is 1. The fourth-order valence-electron chi connectivity index (χ4n) is 3.75. The predicted octanol–water partition coefficient (Wildman–Crippen LogP) is 2.10. The number of rotatable bonds is 3. The number of nitrogens with one attached hydrogen (secondary N) is 1. The minimum Gasteiger partial charge on any atom is -0.381 e. The van der Waals surface area contributed by atoms with Gasteiger partial charge in [0.1, 0.15) is 0 Å². The van der Waals surface area contributed by atoms with Crippen molar-refractivity contribution in [1.82, 2.24) is 10.2 Å². The number of hydrogen-bond donors (Lipinski definition) is 1. The van der Waals surface area contributed by atoms with E-state index in [1.807, 2.05) is 0 Å². The number of hydrogen-bond acceptors (Lipinski definition) is 3. The summed E-state index contributed by atoms with van der Waals surface area (Å²) >= 11 is 0. The predicted molar refractivity (Wildman–Crippen MR) is 83.1 cm³/mol. The van der Waals surface area contributed by atoms with Gasteiger partial charge in [0.05, 0.1) is 0 Å². The fraction of sp³-hybridized carbons (Fsp3) is 0.824. The van der Waals surface area contributed by atoms with Crippen molar-refractivity contribution < 1.29 is 9.53 Å². The van der Waals surface area contributed by atoms with Crippen molar-refractivity contribution >= 4 is 5.91 Å². The number of ether oxygens (including phenoxy) is 1. The van der Waals surface area contributed by atoms with Crippen LogP contribution in [0.1, 0.15) is 44.9 Å². The molecule has 1 aliphatic carbocycles. The van der Waals surface area contributed by atoms with Gasteiger partial charge in [-0.05, 0) is 44.9 Å². The molecule has 118 valence electrons. The number of carbonyl (C=O) groups excluding carboxylic acids is 1. The molecule has 0 bridgehead atoms. The van der Waals surface area contributed by atoms with Crippen LogP contribution in [0.2, 0.25) is 0 Å². The highest BCUT2D eigenvalue weighted by Gasteiger charge is 2.28. The molecule has 0 radical (unpaired) electrons. The van der Waals surface area contributed by atoms with Crippen LogP contribution in [0.15, 0.2) is 12.2 Å². The first kappa shape index (κ1) is 15.0. The quantitative estimate of drug-likeness (QED) is 0.810. The van der Waals surface area contributed by atoms with Crippen LogP contribution in [0.5, 0.6) is 0 Å². The molecular weight excluding hydrogens is 264 g/mol. The van der Waals surface area contributed by atoms with Gasteiger partial charge in [0.25, 0.3) is 0 Å². The summed E-state index contributed by atoms with van der Waals surface area (Å²) in [6.07, 6.45) is 12.5. The zero-order valence-electron chi connectivity index (χ0n) is 12.9. The summed E-state index contributed by atoms with van der Waals surface area (Å²) in [6, 6.07) is 1.02. The Morgan fingerprint density at radius 2 is 1.86 bits per heavy atom. The van der Waals surface area contributed by atoms with E-state index in [4.69, 9.17) is 4.74 Å². The number of nitrogens with zero attached hydrogens (tertiary/aromatic N) is 1. The van der Waals surface area contributed by atoms with Crippen LogP contribution in [0, 0.1) is 5.92 Å². The van der Waals surface area contributed by atoms with Gasteiger partial charge in [-0.15, -0.1) is 0 Å². The lowest BCUT2D eigenvalue weighted by Crippen LogP contribution is -2.49. The van der Waals surface area contributed by atoms with Gasteiger partial charge in [-0.25, -0.2) is 0 Å².